The number of nitrogens with one attached hydrogen (secondary N) is 1. The molecule has 0 aromatic carbocycles. The minimum absolute atomic E-state index is 0.320. The summed E-state index contributed by atoms with van der Waals surface area (Å²) >= 11 is 0. The zero-order valence-electron chi connectivity index (χ0n) is 14.0. The predicted molar refractivity (Wildman–Crippen MR) is 86.4 cm³/mol. The fraction of sp³-hybridized carbons (Fsp3) is 0.938. The van der Waals surface area contributed by atoms with Gasteiger partial charge in [0.2, 0.25) is 5.91 Å². The SMILES string of the molecule is CC(C)NCC1CCCN(CC(=O)N2CCN(C)CC2)C1. The molecule has 1 atom stereocenters. The molecule has 0 spiro atoms. The molecule has 2 heterocycles. The molecule has 0 aliphatic carbocycles. The molecule has 0 aromatic rings. The van der Waals surface area contributed by atoms with Crippen LogP contribution in [0.2, 0.25) is 0 Å². The third-order valence-electron chi connectivity index (χ3n) is 4.63. The number of piperidine rings is 1. The van der Waals surface area contributed by atoms with E-state index in [1.54, 1.807) is 0 Å². The van der Waals surface area contributed by atoms with Crippen LogP contribution in [0.15, 0.2) is 0 Å². The Morgan fingerprint density at radius 3 is 2.57 bits per heavy atom. The second-order valence-electron chi connectivity index (χ2n) is 6.99. The van der Waals surface area contributed by atoms with Crippen LogP contribution in [0, 0.1) is 5.92 Å². The van der Waals surface area contributed by atoms with Crippen LogP contribution in [-0.4, -0.2) is 86.1 Å². The maximum absolute atomic E-state index is 12.4. The van der Waals surface area contributed by atoms with E-state index in [9.17, 15) is 4.79 Å². The molecular weight excluding hydrogens is 264 g/mol. The van der Waals surface area contributed by atoms with Crippen molar-refractivity contribution >= 4 is 5.91 Å². The lowest BCUT2D eigenvalue weighted by Gasteiger charge is -2.36. The van der Waals surface area contributed by atoms with E-state index in [0.717, 1.165) is 45.8 Å². The van der Waals surface area contributed by atoms with E-state index in [2.05, 4.69) is 36.0 Å². The van der Waals surface area contributed by atoms with Crippen molar-refractivity contribution in [3.05, 3.63) is 0 Å². The molecule has 0 saturated carbocycles. The average molecular weight is 296 g/mol. The smallest absolute Gasteiger partial charge is 0.236 e. The summed E-state index contributed by atoms with van der Waals surface area (Å²) in [6, 6.07) is 0.548. The number of piperazine rings is 1. The number of rotatable bonds is 5. The van der Waals surface area contributed by atoms with Crippen molar-refractivity contribution in [2.75, 3.05) is 59.4 Å². The zero-order valence-corrected chi connectivity index (χ0v) is 14.0. The second-order valence-corrected chi connectivity index (χ2v) is 6.99. The summed E-state index contributed by atoms with van der Waals surface area (Å²) < 4.78 is 0. The van der Waals surface area contributed by atoms with Crippen molar-refractivity contribution in [2.24, 2.45) is 5.92 Å². The quantitative estimate of drug-likeness (QED) is 0.800. The molecule has 2 aliphatic heterocycles. The van der Waals surface area contributed by atoms with Crippen LogP contribution < -0.4 is 5.32 Å². The third kappa shape index (κ3) is 5.57. The predicted octanol–water partition coefficient (Wildman–Crippen LogP) is 0.470. The van der Waals surface area contributed by atoms with Gasteiger partial charge in [-0.2, -0.15) is 0 Å². The van der Waals surface area contributed by atoms with Crippen molar-refractivity contribution in [1.29, 1.82) is 0 Å². The molecule has 2 aliphatic rings. The number of nitrogens with zero attached hydrogens (tertiary/aromatic N) is 3. The Bertz CT molecular complexity index is 326. The fourth-order valence-corrected chi connectivity index (χ4v) is 3.21. The summed E-state index contributed by atoms with van der Waals surface area (Å²) in [7, 11) is 2.12. The Morgan fingerprint density at radius 1 is 1.19 bits per heavy atom. The number of hydrogen-bond acceptors (Lipinski definition) is 4. The van der Waals surface area contributed by atoms with E-state index in [0.29, 0.717) is 24.4 Å². The molecule has 1 N–H and O–H groups in total. The Hall–Kier alpha value is -0.650. The summed E-state index contributed by atoms with van der Waals surface area (Å²) in [6.45, 7) is 12.0. The lowest BCUT2D eigenvalue weighted by atomic mass is 9.97. The van der Waals surface area contributed by atoms with Gasteiger partial charge in [-0.15, -0.1) is 0 Å². The molecule has 21 heavy (non-hydrogen) atoms. The minimum atomic E-state index is 0.320. The number of likely N-dealkylation sites (N-methyl/N-ethyl adjacent to an activating group) is 1. The normalized spacial score (nSPS) is 25.5. The summed E-state index contributed by atoms with van der Waals surface area (Å²) in [5.74, 6) is 1.02. The van der Waals surface area contributed by atoms with Gasteiger partial charge in [0.25, 0.3) is 0 Å². The van der Waals surface area contributed by atoms with Crippen molar-refractivity contribution in [3.63, 3.8) is 0 Å². The molecule has 2 rings (SSSR count). The molecule has 122 valence electrons. The van der Waals surface area contributed by atoms with Crippen LogP contribution in [0.4, 0.5) is 0 Å². The van der Waals surface area contributed by atoms with E-state index in [1.165, 1.54) is 12.8 Å². The molecule has 0 radical (unpaired) electrons. The maximum atomic E-state index is 12.4. The van der Waals surface area contributed by atoms with Crippen molar-refractivity contribution in [1.82, 2.24) is 20.0 Å². The monoisotopic (exact) mass is 296 g/mol. The fourth-order valence-electron chi connectivity index (χ4n) is 3.21. The first-order valence-electron chi connectivity index (χ1n) is 8.46. The topological polar surface area (TPSA) is 38.8 Å². The Kier molecular flexibility index (Phi) is 6.45. The van der Waals surface area contributed by atoms with Crippen LogP contribution >= 0.6 is 0 Å². The molecule has 5 heteroatoms. The zero-order chi connectivity index (χ0) is 15.2. The molecule has 0 bridgehead atoms. The Labute approximate surface area is 129 Å². The van der Waals surface area contributed by atoms with Gasteiger partial charge in [0.15, 0.2) is 0 Å². The number of hydrogen-bond donors (Lipinski definition) is 1. The highest BCUT2D eigenvalue weighted by Gasteiger charge is 2.25. The highest BCUT2D eigenvalue weighted by Crippen LogP contribution is 2.16. The summed E-state index contributed by atoms with van der Waals surface area (Å²) in [5, 5.41) is 3.53. The van der Waals surface area contributed by atoms with Crippen LogP contribution in [0.25, 0.3) is 0 Å². The van der Waals surface area contributed by atoms with Crippen molar-refractivity contribution in [3.8, 4) is 0 Å². The summed E-state index contributed by atoms with van der Waals surface area (Å²) in [5.41, 5.74) is 0. The number of likely N-dealkylation sites (tertiary alicyclic amines) is 1. The summed E-state index contributed by atoms with van der Waals surface area (Å²) in [4.78, 5) is 19.1. The van der Waals surface area contributed by atoms with Crippen LogP contribution in [0.5, 0.6) is 0 Å². The van der Waals surface area contributed by atoms with Crippen molar-refractivity contribution < 1.29 is 4.79 Å². The first-order valence-corrected chi connectivity index (χ1v) is 8.46. The molecule has 2 fully saturated rings. The average Bonchev–Trinajstić information content (AvgIpc) is 2.46. The van der Waals surface area contributed by atoms with Gasteiger partial charge in [-0.25, -0.2) is 0 Å². The van der Waals surface area contributed by atoms with E-state index in [4.69, 9.17) is 0 Å². The van der Waals surface area contributed by atoms with Crippen LogP contribution in [0.1, 0.15) is 26.7 Å². The van der Waals surface area contributed by atoms with Gasteiger partial charge in [-0.3, -0.25) is 9.69 Å². The van der Waals surface area contributed by atoms with Gasteiger partial charge in [-0.1, -0.05) is 13.8 Å². The largest absolute Gasteiger partial charge is 0.339 e. The molecule has 0 aromatic heterocycles. The van der Waals surface area contributed by atoms with E-state index < -0.39 is 0 Å². The minimum Gasteiger partial charge on any atom is -0.339 e. The molecular formula is C16H32N4O. The highest BCUT2D eigenvalue weighted by atomic mass is 16.2. The lowest BCUT2D eigenvalue weighted by molar-refractivity contribution is -0.134. The molecule has 5 nitrogen and oxygen atoms in total. The van der Waals surface area contributed by atoms with E-state index in [-0.39, 0.29) is 0 Å². The second kappa shape index (κ2) is 8.11. The van der Waals surface area contributed by atoms with Crippen molar-refractivity contribution in [2.45, 2.75) is 32.7 Å². The first kappa shape index (κ1) is 16.7. The first-order chi connectivity index (χ1) is 10.0. The standard InChI is InChI=1S/C16H32N4O/c1-14(2)17-11-15-5-4-6-19(12-15)13-16(21)20-9-7-18(3)8-10-20/h14-15,17H,4-13H2,1-3H3. The van der Waals surface area contributed by atoms with Gasteiger partial charge in [0.1, 0.15) is 0 Å². The molecule has 1 unspecified atom stereocenters. The Morgan fingerprint density at radius 2 is 1.90 bits per heavy atom. The number of amides is 1. The number of carbonyl (C=O) groups is 1. The van der Waals surface area contributed by atoms with Gasteiger partial charge in [-0.05, 0) is 38.9 Å². The van der Waals surface area contributed by atoms with Gasteiger partial charge >= 0.3 is 0 Å². The highest BCUT2D eigenvalue weighted by molar-refractivity contribution is 5.78. The molecule has 1 amide bonds. The Balaban J connectivity index is 1.72. The summed E-state index contributed by atoms with van der Waals surface area (Å²) in [6.07, 6.45) is 2.51. The van der Waals surface area contributed by atoms with Crippen LogP contribution in [0.3, 0.4) is 0 Å². The lowest BCUT2D eigenvalue weighted by Crippen LogP contribution is -2.51. The van der Waals surface area contributed by atoms with Gasteiger partial charge < -0.3 is 15.1 Å². The van der Waals surface area contributed by atoms with E-state index >= 15 is 0 Å². The van der Waals surface area contributed by atoms with Gasteiger partial charge in [0, 0.05) is 38.8 Å². The third-order valence-corrected chi connectivity index (χ3v) is 4.63. The molecule has 2 saturated heterocycles. The number of carbonyl (C=O) groups excluding carboxylic acids is 1. The maximum Gasteiger partial charge on any atom is 0.236 e. The van der Waals surface area contributed by atoms with E-state index in [1.807, 2.05) is 4.90 Å². The van der Waals surface area contributed by atoms with Crippen LogP contribution in [-0.2, 0) is 4.79 Å². The van der Waals surface area contributed by atoms with Gasteiger partial charge in [0.05, 0.1) is 6.54 Å².